The van der Waals surface area contributed by atoms with Crippen molar-refractivity contribution in [2.24, 2.45) is 0 Å². The van der Waals surface area contributed by atoms with Gasteiger partial charge in [0, 0.05) is 0 Å². The number of unbranched alkanes of at least 4 members (excludes halogenated alkanes) is 9. The van der Waals surface area contributed by atoms with E-state index in [0.29, 0.717) is 0 Å². The summed E-state index contributed by atoms with van der Waals surface area (Å²) >= 11 is 0. The molecule has 0 aromatic rings. The Balaban J connectivity index is 0. The Morgan fingerprint density at radius 2 is 0.931 bits per heavy atom. The summed E-state index contributed by atoms with van der Waals surface area (Å²) in [4.78, 5) is 0. The van der Waals surface area contributed by atoms with E-state index in [-0.39, 0.29) is 0 Å². The SMILES string of the molecule is C=CC[N+](CC=C)(CCC)CCCCCCCCCCCC.F[P-](F)(F)(F)(F)F. The summed E-state index contributed by atoms with van der Waals surface area (Å²) in [5.74, 6) is 0. The molecule has 0 rings (SSSR count). The van der Waals surface area contributed by atoms with Crippen LogP contribution < -0.4 is 0 Å². The first-order chi connectivity index (χ1) is 13.2. The molecule has 0 fully saturated rings. The van der Waals surface area contributed by atoms with E-state index in [9.17, 15) is 25.2 Å². The molecule has 0 aliphatic heterocycles. The number of nitrogens with zero attached hydrogens (tertiary/aromatic N) is 1. The number of hydrogen-bond acceptors (Lipinski definition) is 0. The fourth-order valence-corrected chi connectivity index (χ4v) is 3.51. The van der Waals surface area contributed by atoms with Gasteiger partial charge in [0.1, 0.15) is 0 Å². The second-order valence-electron chi connectivity index (χ2n) is 7.87. The third kappa shape index (κ3) is 29.7. The Morgan fingerprint density at radius 1 is 0.586 bits per heavy atom. The van der Waals surface area contributed by atoms with Crippen molar-refractivity contribution >= 4 is 7.81 Å². The summed E-state index contributed by atoms with van der Waals surface area (Å²) in [5.41, 5.74) is 0. The summed E-state index contributed by atoms with van der Waals surface area (Å²) in [6.07, 6.45) is 19.6. The van der Waals surface area contributed by atoms with Crippen LogP contribution in [0, 0.1) is 0 Å². The Morgan fingerprint density at radius 3 is 1.24 bits per heavy atom. The Kier molecular flexibility index (Phi) is 14.5. The van der Waals surface area contributed by atoms with Crippen LogP contribution >= 0.6 is 7.81 Å². The number of quaternary nitrogens is 1. The molecule has 29 heavy (non-hydrogen) atoms. The van der Waals surface area contributed by atoms with Crippen molar-refractivity contribution in [2.75, 3.05) is 26.2 Å². The first-order valence-electron chi connectivity index (χ1n) is 10.8. The topological polar surface area (TPSA) is 0 Å². The molecular weight excluding hydrogens is 411 g/mol. The molecule has 0 spiro atoms. The van der Waals surface area contributed by atoms with Crippen LogP contribution in [0.3, 0.4) is 0 Å². The number of rotatable bonds is 17. The monoisotopic (exact) mass is 453 g/mol. The molecule has 0 aliphatic rings. The van der Waals surface area contributed by atoms with Crippen molar-refractivity contribution in [2.45, 2.75) is 84.5 Å². The second-order valence-corrected chi connectivity index (χ2v) is 9.79. The van der Waals surface area contributed by atoms with E-state index in [1.165, 1.54) is 88.2 Å². The standard InChI is InChI=1S/C21H42N.F6P/c1-5-9-10-11-12-13-14-15-16-17-21-22(18-6-2,19-7-3)20-8-4;1-7(2,3,4,5)6/h6-7H,2-3,5,8-21H2,1,4H3;/q+1;-1. The van der Waals surface area contributed by atoms with Crippen molar-refractivity contribution in [1.82, 2.24) is 0 Å². The zero-order valence-electron chi connectivity index (χ0n) is 18.3. The fourth-order valence-electron chi connectivity index (χ4n) is 3.51. The minimum atomic E-state index is -10.7. The van der Waals surface area contributed by atoms with Crippen LogP contribution in [0.4, 0.5) is 25.2 Å². The zero-order chi connectivity index (χ0) is 22.9. The van der Waals surface area contributed by atoms with Crippen LogP contribution in [0.2, 0.25) is 0 Å². The van der Waals surface area contributed by atoms with Crippen molar-refractivity contribution in [3.05, 3.63) is 25.3 Å². The number of halogens is 6. The van der Waals surface area contributed by atoms with Crippen LogP contribution in [-0.2, 0) is 0 Å². The molecule has 0 heterocycles. The minimum absolute atomic E-state index is 1.09. The summed E-state index contributed by atoms with van der Waals surface area (Å²) in [5, 5.41) is 0. The van der Waals surface area contributed by atoms with Crippen molar-refractivity contribution in [1.29, 1.82) is 0 Å². The van der Waals surface area contributed by atoms with E-state index in [1.54, 1.807) is 0 Å². The molecule has 0 unspecified atom stereocenters. The van der Waals surface area contributed by atoms with Gasteiger partial charge in [0.2, 0.25) is 0 Å². The molecular formula is C21H42F6NP. The average molecular weight is 454 g/mol. The summed E-state index contributed by atoms with van der Waals surface area (Å²) in [7, 11) is -10.7. The molecule has 0 radical (unpaired) electrons. The van der Waals surface area contributed by atoms with Gasteiger partial charge in [-0.2, -0.15) is 0 Å². The predicted octanol–water partition coefficient (Wildman–Crippen LogP) is 9.89. The Hall–Kier alpha value is -0.550. The first kappa shape index (κ1) is 30.6. The van der Waals surface area contributed by atoms with Crippen LogP contribution in [0.15, 0.2) is 25.3 Å². The van der Waals surface area contributed by atoms with Crippen LogP contribution in [0.5, 0.6) is 0 Å². The van der Waals surface area contributed by atoms with Gasteiger partial charge in [0.15, 0.2) is 0 Å². The van der Waals surface area contributed by atoms with Gasteiger partial charge in [-0.3, -0.25) is 0 Å². The van der Waals surface area contributed by atoms with E-state index < -0.39 is 7.81 Å². The second kappa shape index (κ2) is 13.7. The molecule has 1 nitrogen and oxygen atoms in total. The quantitative estimate of drug-likeness (QED) is 0.0676. The molecule has 8 heteroatoms. The summed E-state index contributed by atoms with van der Waals surface area (Å²) < 4.78 is 60.4. The molecule has 0 saturated heterocycles. The van der Waals surface area contributed by atoms with Gasteiger partial charge in [0.25, 0.3) is 0 Å². The van der Waals surface area contributed by atoms with Crippen LogP contribution in [0.1, 0.15) is 84.5 Å². The van der Waals surface area contributed by atoms with E-state index in [4.69, 9.17) is 0 Å². The maximum atomic E-state index is 9.87. The Bertz CT molecular complexity index is 411. The molecule has 0 aromatic heterocycles. The summed E-state index contributed by atoms with van der Waals surface area (Å²) in [6, 6.07) is 0. The van der Waals surface area contributed by atoms with Gasteiger partial charge in [0.05, 0.1) is 26.2 Å². The molecule has 0 aliphatic carbocycles. The molecule has 0 aromatic carbocycles. The van der Waals surface area contributed by atoms with Crippen LogP contribution in [0.25, 0.3) is 0 Å². The Labute approximate surface area is 174 Å². The van der Waals surface area contributed by atoms with Gasteiger partial charge in [-0.15, -0.1) is 0 Å². The molecule has 0 saturated carbocycles. The van der Waals surface area contributed by atoms with Crippen LogP contribution in [-0.4, -0.2) is 30.7 Å². The third-order valence-electron chi connectivity index (χ3n) is 4.72. The first-order valence-corrected chi connectivity index (χ1v) is 12.9. The molecule has 0 atom stereocenters. The van der Waals surface area contributed by atoms with E-state index in [1.807, 2.05) is 0 Å². The summed E-state index contributed by atoms with van der Waals surface area (Å²) in [6.45, 7) is 17.2. The third-order valence-corrected chi connectivity index (χ3v) is 4.72. The van der Waals surface area contributed by atoms with Gasteiger partial charge >= 0.3 is 33.0 Å². The fraction of sp³-hybridized carbons (Fsp3) is 0.810. The van der Waals surface area contributed by atoms with Gasteiger partial charge < -0.3 is 4.48 Å². The van der Waals surface area contributed by atoms with E-state index >= 15 is 0 Å². The average Bonchev–Trinajstić information content (AvgIpc) is 2.54. The maximum absolute atomic E-state index is 10.7. The van der Waals surface area contributed by atoms with E-state index in [2.05, 4.69) is 39.2 Å². The molecule has 178 valence electrons. The molecule has 0 N–H and O–H groups in total. The van der Waals surface area contributed by atoms with Crippen molar-refractivity contribution < 1.29 is 29.7 Å². The van der Waals surface area contributed by atoms with Gasteiger partial charge in [-0.25, -0.2) is 0 Å². The van der Waals surface area contributed by atoms with Crippen molar-refractivity contribution in [3.63, 3.8) is 0 Å². The van der Waals surface area contributed by atoms with Crippen molar-refractivity contribution in [3.8, 4) is 0 Å². The van der Waals surface area contributed by atoms with Gasteiger partial charge in [-0.05, 0) is 31.4 Å². The van der Waals surface area contributed by atoms with Gasteiger partial charge in [-0.1, -0.05) is 78.4 Å². The zero-order valence-corrected chi connectivity index (χ0v) is 19.2. The molecule has 0 amide bonds. The van der Waals surface area contributed by atoms with E-state index in [0.717, 1.165) is 13.1 Å². The number of hydrogen-bond donors (Lipinski definition) is 0. The normalized spacial score (nSPS) is 14.3. The predicted molar refractivity (Wildman–Crippen MR) is 116 cm³/mol. The molecule has 0 bridgehead atoms.